The first-order valence-electron chi connectivity index (χ1n) is 7.51. The van der Waals surface area contributed by atoms with Crippen LogP contribution in [0.3, 0.4) is 0 Å². The summed E-state index contributed by atoms with van der Waals surface area (Å²) in [6.07, 6.45) is 2.94. The van der Waals surface area contributed by atoms with Crippen LogP contribution in [0.15, 0.2) is 18.2 Å². The van der Waals surface area contributed by atoms with E-state index in [0.717, 1.165) is 30.4 Å². The molecule has 0 aromatic heterocycles. The zero-order valence-electron chi connectivity index (χ0n) is 13.3. The smallest absolute Gasteiger partial charge is 0.330 e. The van der Waals surface area contributed by atoms with Gasteiger partial charge in [-0.1, -0.05) is 18.2 Å². The van der Waals surface area contributed by atoms with E-state index in [1.54, 1.807) is 13.2 Å². The van der Waals surface area contributed by atoms with E-state index in [0.29, 0.717) is 5.56 Å². The molecule has 0 radical (unpaired) electrons. The zero-order valence-corrected chi connectivity index (χ0v) is 13.3. The molecule has 1 atom stereocenters. The third-order valence-electron chi connectivity index (χ3n) is 4.60. The fourth-order valence-corrected chi connectivity index (χ4v) is 2.76. The van der Waals surface area contributed by atoms with Crippen LogP contribution in [0.5, 0.6) is 0 Å². The van der Waals surface area contributed by atoms with Crippen LogP contribution < -0.4 is 5.32 Å². The normalized spacial score (nSPS) is 17.4. The maximum Gasteiger partial charge on any atom is 0.330 e. The Balaban J connectivity index is 2.10. The highest BCUT2D eigenvalue weighted by Gasteiger charge is 2.39. The maximum absolute atomic E-state index is 12.2. The van der Waals surface area contributed by atoms with Crippen molar-refractivity contribution >= 4 is 11.9 Å². The van der Waals surface area contributed by atoms with Gasteiger partial charge in [-0.3, -0.25) is 4.79 Å². The van der Waals surface area contributed by atoms with Gasteiger partial charge in [0.05, 0.1) is 12.0 Å². The molecule has 2 rings (SSSR count). The lowest BCUT2D eigenvalue weighted by molar-refractivity contribution is -0.145. The van der Waals surface area contributed by atoms with E-state index in [4.69, 9.17) is 4.74 Å². The van der Waals surface area contributed by atoms with E-state index in [9.17, 15) is 14.7 Å². The first-order chi connectivity index (χ1) is 10.4. The second kappa shape index (κ2) is 6.48. The third kappa shape index (κ3) is 3.47. The van der Waals surface area contributed by atoms with E-state index in [1.807, 2.05) is 26.0 Å². The topological polar surface area (TPSA) is 75.6 Å². The van der Waals surface area contributed by atoms with E-state index < -0.39 is 17.6 Å². The number of amides is 1. The van der Waals surface area contributed by atoms with Crippen molar-refractivity contribution in [1.82, 2.24) is 5.32 Å². The number of ether oxygens (including phenoxy) is 1. The number of carboxylic acids is 1. The van der Waals surface area contributed by atoms with Crippen LogP contribution in [0.2, 0.25) is 0 Å². The number of aryl methyl sites for hydroxylation is 2. The molecular weight excluding hydrogens is 282 g/mol. The second-order valence-electron chi connectivity index (χ2n) is 6.10. The number of hydrogen-bond donors (Lipinski definition) is 2. The lowest BCUT2D eigenvalue weighted by atomic mass is 9.77. The number of methoxy groups -OCH3 is 1. The van der Waals surface area contributed by atoms with Gasteiger partial charge in [0.25, 0.3) is 0 Å². The summed E-state index contributed by atoms with van der Waals surface area (Å²) in [4.78, 5) is 23.7. The number of benzene rings is 1. The molecule has 1 unspecified atom stereocenters. The van der Waals surface area contributed by atoms with Gasteiger partial charge in [-0.25, -0.2) is 4.79 Å². The summed E-state index contributed by atoms with van der Waals surface area (Å²) >= 11 is 0. The molecule has 1 aliphatic carbocycles. The number of hydrogen-bond acceptors (Lipinski definition) is 3. The molecular formula is C17H23NO4. The number of carbonyl (C=O) groups is 2. The molecule has 5 nitrogen and oxygen atoms in total. The monoisotopic (exact) mass is 305 g/mol. The van der Waals surface area contributed by atoms with Crippen LogP contribution in [-0.4, -0.2) is 29.7 Å². The Kier molecular flexibility index (Phi) is 4.86. The van der Waals surface area contributed by atoms with Crippen molar-refractivity contribution < 1.29 is 19.4 Å². The van der Waals surface area contributed by atoms with Gasteiger partial charge in [0.2, 0.25) is 5.91 Å². The molecule has 1 aromatic rings. The molecule has 1 amide bonds. The third-order valence-corrected chi connectivity index (χ3v) is 4.60. The summed E-state index contributed by atoms with van der Waals surface area (Å²) in [6.45, 7) is 3.89. The second-order valence-corrected chi connectivity index (χ2v) is 6.10. The predicted molar refractivity (Wildman–Crippen MR) is 82.6 cm³/mol. The highest BCUT2D eigenvalue weighted by Crippen LogP contribution is 2.38. The van der Waals surface area contributed by atoms with Crippen molar-refractivity contribution in [2.45, 2.75) is 51.2 Å². The van der Waals surface area contributed by atoms with Crippen molar-refractivity contribution in [3.63, 3.8) is 0 Å². The minimum absolute atomic E-state index is 0.206. The summed E-state index contributed by atoms with van der Waals surface area (Å²) in [5.41, 5.74) is 2.28. The van der Waals surface area contributed by atoms with Gasteiger partial charge in [0.15, 0.2) is 6.04 Å². The molecule has 1 fully saturated rings. The number of carboxylic acid groups (broad SMARTS) is 1. The van der Waals surface area contributed by atoms with Crippen molar-refractivity contribution in [2.75, 3.05) is 7.11 Å². The molecule has 1 aliphatic rings. The molecule has 22 heavy (non-hydrogen) atoms. The minimum Gasteiger partial charge on any atom is -0.479 e. The van der Waals surface area contributed by atoms with E-state index in [1.165, 1.54) is 0 Å². The highest BCUT2D eigenvalue weighted by molar-refractivity contribution is 5.85. The Morgan fingerprint density at radius 3 is 2.45 bits per heavy atom. The van der Waals surface area contributed by atoms with Crippen molar-refractivity contribution in [1.29, 1.82) is 0 Å². The average Bonchev–Trinajstić information content (AvgIpc) is 2.43. The maximum atomic E-state index is 12.2. The Hall–Kier alpha value is -1.88. The predicted octanol–water partition coefficient (Wildman–Crippen LogP) is 2.50. The Morgan fingerprint density at radius 2 is 2.00 bits per heavy atom. The fourth-order valence-electron chi connectivity index (χ4n) is 2.76. The molecule has 2 N–H and O–H groups in total. The molecule has 1 saturated carbocycles. The Morgan fingerprint density at radius 1 is 1.32 bits per heavy atom. The Bertz CT molecular complexity index is 573. The number of rotatable bonds is 6. The van der Waals surface area contributed by atoms with Gasteiger partial charge in [0, 0.05) is 7.11 Å². The van der Waals surface area contributed by atoms with E-state index in [-0.39, 0.29) is 12.3 Å². The lowest BCUT2D eigenvalue weighted by Crippen LogP contribution is -2.45. The van der Waals surface area contributed by atoms with Gasteiger partial charge in [-0.2, -0.15) is 0 Å². The summed E-state index contributed by atoms with van der Waals surface area (Å²) < 4.78 is 5.42. The first-order valence-corrected chi connectivity index (χ1v) is 7.51. The quantitative estimate of drug-likeness (QED) is 0.846. The van der Waals surface area contributed by atoms with Gasteiger partial charge in [-0.05, 0) is 49.8 Å². The van der Waals surface area contributed by atoms with Crippen LogP contribution in [0, 0.1) is 13.8 Å². The molecule has 0 saturated heterocycles. The van der Waals surface area contributed by atoms with Crippen LogP contribution in [0.25, 0.3) is 0 Å². The SMILES string of the molecule is COC1(CC(=O)NC(C(=O)O)c2ccc(C)c(C)c2)CCC1. The molecule has 0 spiro atoms. The lowest BCUT2D eigenvalue weighted by Gasteiger charge is -2.40. The summed E-state index contributed by atoms with van der Waals surface area (Å²) in [7, 11) is 1.60. The average molecular weight is 305 g/mol. The molecule has 1 aromatic carbocycles. The van der Waals surface area contributed by atoms with Crippen molar-refractivity contribution in [3.8, 4) is 0 Å². The highest BCUT2D eigenvalue weighted by atomic mass is 16.5. The van der Waals surface area contributed by atoms with Gasteiger partial charge in [-0.15, -0.1) is 0 Å². The Labute approximate surface area is 130 Å². The van der Waals surface area contributed by atoms with Crippen molar-refractivity contribution in [3.05, 3.63) is 34.9 Å². The molecule has 0 bridgehead atoms. The fraction of sp³-hybridized carbons (Fsp3) is 0.529. The summed E-state index contributed by atoms with van der Waals surface area (Å²) in [5, 5.41) is 12.0. The minimum atomic E-state index is -1.06. The molecule has 120 valence electrons. The standard InChI is InChI=1S/C17H23NO4/c1-11-5-6-13(9-12(11)2)15(16(20)21)18-14(19)10-17(22-3)7-4-8-17/h5-6,9,15H,4,7-8,10H2,1-3H3,(H,18,19)(H,20,21). The molecule has 0 heterocycles. The van der Waals surface area contributed by atoms with Crippen LogP contribution >= 0.6 is 0 Å². The largest absolute Gasteiger partial charge is 0.479 e. The van der Waals surface area contributed by atoms with Crippen LogP contribution in [0.1, 0.15) is 48.4 Å². The summed E-state index contributed by atoms with van der Waals surface area (Å²) in [6, 6.07) is 4.40. The number of carbonyl (C=O) groups excluding carboxylic acids is 1. The van der Waals surface area contributed by atoms with Crippen LogP contribution in [-0.2, 0) is 14.3 Å². The summed E-state index contributed by atoms with van der Waals surface area (Å²) in [5.74, 6) is -1.34. The zero-order chi connectivity index (χ0) is 16.3. The van der Waals surface area contributed by atoms with Gasteiger partial charge in [0.1, 0.15) is 0 Å². The van der Waals surface area contributed by atoms with Gasteiger partial charge < -0.3 is 15.2 Å². The number of nitrogens with one attached hydrogen (secondary N) is 1. The molecule has 5 heteroatoms. The van der Waals surface area contributed by atoms with Crippen LogP contribution in [0.4, 0.5) is 0 Å². The van der Waals surface area contributed by atoms with Gasteiger partial charge >= 0.3 is 5.97 Å². The van der Waals surface area contributed by atoms with E-state index in [2.05, 4.69) is 5.32 Å². The van der Waals surface area contributed by atoms with Crippen molar-refractivity contribution in [2.24, 2.45) is 0 Å². The molecule has 0 aliphatic heterocycles. The first kappa shape index (κ1) is 16.5. The van der Waals surface area contributed by atoms with E-state index >= 15 is 0 Å². The number of aliphatic carboxylic acids is 1.